The molecule has 0 bridgehead atoms. The van der Waals surface area contributed by atoms with Gasteiger partial charge in [-0.05, 0) is 58.6 Å². The van der Waals surface area contributed by atoms with Gasteiger partial charge in [0.15, 0.2) is 5.69 Å². The highest BCUT2D eigenvalue weighted by Gasteiger charge is 2.29. The lowest BCUT2D eigenvalue weighted by atomic mass is 10.1. The molecule has 0 spiro atoms. The average molecular weight is 326 g/mol. The summed E-state index contributed by atoms with van der Waals surface area (Å²) < 4.78 is 1.96. The third kappa shape index (κ3) is 2.96. The number of rotatable bonds is 4. The Kier molecular flexibility index (Phi) is 4.22. The van der Waals surface area contributed by atoms with Crippen molar-refractivity contribution in [1.29, 1.82) is 0 Å². The van der Waals surface area contributed by atoms with Crippen LogP contribution < -0.4 is 11.1 Å². The van der Waals surface area contributed by atoms with Crippen LogP contribution in [0.1, 0.15) is 53.1 Å². The average Bonchev–Trinajstić information content (AvgIpc) is 3.09. The second-order valence-corrected chi connectivity index (χ2v) is 7.37. The standard InChI is InChI=1S/C19H26N4O/c1-12-8-9-15(13(2)10-12)23-16-7-5-6-14(16)17(22-23)18(24)21-19(3,4)11-20/h8-10H,5-7,11,20H2,1-4H3,(H,21,24). The number of hydrogen-bond acceptors (Lipinski definition) is 3. The molecule has 5 heteroatoms. The number of aryl methyl sites for hydroxylation is 2. The van der Waals surface area contributed by atoms with Gasteiger partial charge in [-0.3, -0.25) is 4.79 Å². The topological polar surface area (TPSA) is 72.9 Å². The Morgan fingerprint density at radius 3 is 2.75 bits per heavy atom. The minimum Gasteiger partial charge on any atom is -0.344 e. The zero-order valence-corrected chi connectivity index (χ0v) is 14.9. The van der Waals surface area contributed by atoms with Gasteiger partial charge in [0.05, 0.1) is 5.69 Å². The third-order valence-electron chi connectivity index (χ3n) is 4.69. The minimum atomic E-state index is -0.438. The van der Waals surface area contributed by atoms with Crippen LogP contribution in [0.25, 0.3) is 5.69 Å². The van der Waals surface area contributed by atoms with E-state index in [4.69, 9.17) is 5.73 Å². The molecule has 0 radical (unpaired) electrons. The molecule has 3 rings (SSSR count). The van der Waals surface area contributed by atoms with E-state index in [-0.39, 0.29) is 5.91 Å². The van der Waals surface area contributed by atoms with Gasteiger partial charge in [0.25, 0.3) is 5.91 Å². The molecule has 24 heavy (non-hydrogen) atoms. The van der Waals surface area contributed by atoms with Crippen molar-refractivity contribution in [2.24, 2.45) is 5.73 Å². The maximum atomic E-state index is 12.7. The van der Waals surface area contributed by atoms with Crippen LogP contribution in [0.3, 0.4) is 0 Å². The Labute approximate surface area is 143 Å². The Bertz CT molecular complexity index is 789. The van der Waals surface area contributed by atoms with E-state index in [9.17, 15) is 4.79 Å². The number of nitrogens with one attached hydrogen (secondary N) is 1. The Hall–Kier alpha value is -2.14. The number of nitrogens with two attached hydrogens (primary N) is 1. The molecule has 3 N–H and O–H groups in total. The zero-order valence-electron chi connectivity index (χ0n) is 14.9. The van der Waals surface area contributed by atoms with Crippen LogP contribution in [-0.4, -0.2) is 27.8 Å². The number of carbonyl (C=O) groups is 1. The summed E-state index contributed by atoms with van der Waals surface area (Å²) >= 11 is 0. The van der Waals surface area contributed by atoms with Gasteiger partial charge in [0.2, 0.25) is 0 Å². The Morgan fingerprint density at radius 1 is 1.33 bits per heavy atom. The zero-order chi connectivity index (χ0) is 17.5. The first kappa shape index (κ1) is 16.7. The molecule has 1 aromatic heterocycles. The van der Waals surface area contributed by atoms with E-state index in [1.807, 2.05) is 18.5 Å². The van der Waals surface area contributed by atoms with Gasteiger partial charge in [0, 0.05) is 23.3 Å². The summed E-state index contributed by atoms with van der Waals surface area (Å²) in [6.45, 7) is 8.40. The fourth-order valence-electron chi connectivity index (χ4n) is 3.28. The molecule has 0 fully saturated rings. The molecule has 1 amide bonds. The lowest BCUT2D eigenvalue weighted by Crippen LogP contribution is -2.49. The van der Waals surface area contributed by atoms with E-state index < -0.39 is 5.54 Å². The van der Waals surface area contributed by atoms with Crippen molar-refractivity contribution in [2.45, 2.75) is 52.5 Å². The van der Waals surface area contributed by atoms with E-state index in [1.165, 1.54) is 11.1 Å². The first-order chi connectivity index (χ1) is 11.3. The van der Waals surface area contributed by atoms with E-state index >= 15 is 0 Å². The molecule has 2 aromatic rings. The fourth-order valence-corrected chi connectivity index (χ4v) is 3.28. The normalized spacial score (nSPS) is 13.9. The van der Waals surface area contributed by atoms with Crippen LogP contribution in [0.5, 0.6) is 0 Å². The molecular formula is C19H26N4O. The first-order valence-corrected chi connectivity index (χ1v) is 8.53. The van der Waals surface area contributed by atoms with Crippen LogP contribution in [0.4, 0.5) is 0 Å². The molecule has 0 saturated carbocycles. The molecule has 0 atom stereocenters. The summed E-state index contributed by atoms with van der Waals surface area (Å²) in [5, 5.41) is 7.68. The van der Waals surface area contributed by atoms with E-state index in [0.29, 0.717) is 12.2 Å². The maximum absolute atomic E-state index is 12.7. The predicted molar refractivity (Wildman–Crippen MR) is 95.7 cm³/mol. The number of fused-ring (bicyclic) bond motifs is 1. The molecule has 1 aliphatic carbocycles. The summed E-state index contributed by atoms with van der Waals surface area (Å²) in [7, 11) is 0. The lowest BCUT2D eigenvalue weighted by Gasteiger charge is -2.23. The third-order valence-corrected chi connectivity index (χ3v) is 4.69. The lowest BCUT2D eigenvalue weighted by molar-refractivity contribution is 0.0909. The highest BCUT2D eigenvalue weighted by atomic mass is 16.2. The van der Waals surface area contributed by atoms with Crippen LogP contribution in [0.2, 0.25) is 0 Å². The molecule has 0 unspecified atom stereocenters. The Morgan fingerprint density at radius 2 is 2.08 bits per heavy atom. The molecule has 5 nitrogen and oxygen atoms in total. The van der Waals surface area contributed by atoms with Gasteiger partial charge in [-0.1, -0.05) is 17.7 Å². The number of amides is 1. The number of nitrogens with zero attached hydrogens (tertiary/aromatic N) is 2. The molecule has 128 valence electrons. The smallest absolute Gasteiger partial charge is 0.272 e. The van der Waals surface area contributed by atoms with Crippen LogP contribution in [0.15, 0.2) is 18.2 Å². The van der Waals surface area contributed by atoms with Gasteiger partial charge in [0.1, 0.15) is 0 Å². The monoisotopic (exact) mass is 326 g/mol. The van der Waals surface area contributed by atoms with Crippen molar-refractivity contribution in [1.82, 2.24) is 15.1 Å². The van der Waals surface area contributed by atoms with Crippen molar-refractivity contribution >= 4 is 5.91 Å². The molecule has 1 heterocycles. The van der Waals surface area contributed by atoms with Gasteiger partial charge in [-0.15, -0.1) is 0 Å². The number of benzene rings is 1. The van der Waals surface area contributed by atoms with Crippen LogP contribution in [0, 0.1) is 13.8 Å². The van der Waals surface area contributed by atoms with Crippen molar-refractivity contribution < 1.29 is 4.79 Å². The molecule has 0 aliphatic heterocycles. The van der Waals surface area contributed by atoms with Crippen LogP contribution >= 0.6 is 0 Å². The summed E-state index contributed by atoms with van der Waals surface area (Å²) in [5.41, 5.74) is 11.5. The van der Waals surface area contributed by atoms with E-state index in [0.717, 1.165) is 36.2 Å². The maximum Gasteiger partial charge on any atom is 0.272 e. The van der Waals surface area contributed by atoms with Crippen molar-refractivity contribution in [2.75, 3.05) is 6.54 Å². The highest BCUT2D eigenvalue weighted by molar-refractivity contribution is 5.94. The van der Waals surface area contributed by atoms with Crippen LogP contribution in [-0.2, 0) is 12.8 Å². The number of carbonyl (C=O) groups excluding carboxylic acids is 1. The SMILES string of the molecule is Cc1ccc(-n2nc(C(=O)NC(C)(C)CN)c3c2CCC3)c(C)c1. The molecule has 1 aliphatic rings. The predicted octanol–water partition coefficient (Wildman–Crippen LogP) is 2.44. The Balaban J connectivity index is 2.03. The number of aromatic nitrogens is 2. The second-order valence-electron chi connectivity index (χ2n) is 7.37. The quantitative estimate of drug-likeness (QED) is 0.906. The van der Waals surface area contributed by atoms with Crippen molar-refractivity contribution in [3.8, 4) is 5.69 Å². The molecule has 0 saturated heterocycles. The van der Waals surface area contributed by atoms with E-state index in [2.05, 4.69) is 42.5 Å². The van der Waals surface area contributed by atoms with Crippen molar-refractivity contribution in [3.63, 3.8) is 0 Å². The van der Waals surface area contributed by atoms with Gasteiger partial charge < -0.3 is 11.1 Å². The van der Waals surface area contributed by atoms with Gasteiger partial charge >= 0.3 is 0 Å². The van der Waals surface area contributed by atoms with Gasteiger partial charge in [-0.2, -0.15) is 5.10 Å². The molecule has 1 aromatic carbocycles. The summed E-state index contributed by atoms with van der Waals surface area (Å²) in [4.78, 5) is 12.7. The summed E-state index contributed by atoms with van der Waals surface area (Å²) in [6, 6.07) is 6.32. The van der Waals surface area contributed by atoms with E-state index in [1.54, 1.807) is 0 Å². The first-order valence-electron chi connectivity index (χ1n) is 8.53. The number of hydrogen-bond donors (Lipinski definition) is 2. The van der Waals surface area contributed by atoms with Gasteiger partial charge in [-0.25, -0.2) is 4.68 Å². The highest BCUT2D eigenvalue weighted by Crippen LogP contribution is 2.29. The minimum absolute atomic E-state index is 0.132. The summed E-state index contributed by atoms with van der Waals surface area (Å²) in [5.74, 6) is -0.132. The second kappa shape index (κ2) is 6.06. The summed E-state index contributed by atoms with van der Waals surface area (Å²) in [6.07, 6.45) is 2.94. The molecular weight excluding hydrogens is 300 g/mol. The largest absolute Gasteiger partial charge is 0.344 e. The fraction of sp³-hybridized carbons (Fsp3) is 0.474. The van der Waals surface area contributed by atoms with Crippen molar-refractivity contribution in [3.05, 3.63) is 46.3 Å².